The molecular formula is C13H20FN3O. The molecule has 0 unspecified atom stereocenters. The van der Waals surface area contributed by atoms with E-state index in [1.165, 1.54) is 6.07 Å². The van der Waals surface area contributed by atoms with Crippen molar-refractivity contribution in [2.75, 3.05) is 31.9 Å². The fraction of sp³-hybridized carbons (Fsp3) is 0.538. The van der Waals surface area contributed by atoms with E-state index >= 15 is 0 Å². The Kier molecular flexibility index (Phi) is 4.04. The van der Waals surface area contributed by atoms with Crippen LogP contribution in [0.1, 0.15) is 24.9 Å². The summed E-state index contributed by atoms with van der Waals surface area (Å²) in [6, 6.07) is 3.06. The SMILES string of the molecule is CC[C@@H](c1ccc(F)c(N)c1O)N1CCNCC1. The van der Waals surface area contributed by atoms with E-state index in [0.29, 0.717) is 0 Å². The summed E-state index contributed by atoms with van der Waals surface area (Å²) in [7, 11) is 0. The van der Waals surface area contributed by atoms with Gasteiger partial charge in [0.25, 0.3) is 0 Å². The summed E-state index contributed by atoms with van der Waals surface area (Å²) in [5.41, 5.74) is 6.12. The van der Waals surface area contributed by atoms with E-state index in [-0.39, 0.29) is 17.5 Å². The molecular weight excluding hydrogens is 233 g/mol. The van der Waals surface area contributed by atoms with Gasteiger partial charge in [-0.2, -0.15) is 0 Å². The monoisotopic (exact) mass is 253 g/mol. The highest BCUT2D eigenvalue weighted by atomic mass is 19.1. The third-order valence-electron chi connectivity index (χ3n) is 3.53. The number of nitrogens with one attached hydrogen (secondary N) is 1. The van der Waals surface area contributed by atoms with Gasteiger partial charge in [0, 0.05) is 37.8 Å². The number of aromatic hydroxyl groups is 1. The molecule has 0 amide bonds. The summed E-state index contributed by atoms with van der Waals surface area (Å²) in [6.45, 7) is 5.79. The highest BCUT2D eigenvalue weighted by Crippen LogP contribution is 2.36. The maximum Gasteiger partial charge on any atom is 0.149 e. The van der Waals surface area contributed by atoms with Crippen LogP contribution >= 0.6 is 0 Å². The van der Waals surface area contributed by atoms with Crippen molar-refractivity contribution in [3.8, 4) is 5.75 Å². The summed E-state index contributed by atoms with van der Waals surface area (Å²) in [4.78, 5) is 2.29. The Morgan fingerprint density at radius 3 is 2.72 bits per heavy atom. The minimum absolute atomic E-state index is 0.0926. The topological polar surface area (TPSA) is 61.5 Å². The molecule has 0 radical (unpaired) electrons. The van der Waals surface area contributed by atoms with Crippen LogP contribution < -0.4 is 11.1 Å². The van der Waals surface area contributed by atoms with Gasteiger partial charge in [-0.15, -0.1) is 0 Å². The van der Waals surface area contributed by atoms with Gasteiger partial charge >= 0.3 is 0 Å². The van der Waals surface area contributed by atoms with E-state index in [0.717, 1.165) is 38.2 Å². The van der Waals surface area contributed by atoms with Crippen molar-refractivity contribution in [1.29, 1.82) is 0 Å². The van der Waals surface area contributed by atoms with Gasteiger partial charge in [-0.3, -0.25) is 4.90 Å². The minimum Gasteiger partial charge on any atom is -0.505 e. The first-order valence-corrected chi connectivity index (χ1v) is 6.36. The molecule has 1 atom stereocenters. The van der Waals surface area contributed by atoms with Crippen LogP contribution in [0.25, 0.3) is 0 Å². The predicted molar refractivity (Wildman–Crippen MR) is 70.0 cm³/mol. The number of nitrogens with zero attached hydrogens (tertiary/aromatic N) is 1. The normalized spacial score (nSPS) is 18.8. The predicted octanol–water partition coefficient (Wildman–Crippen LogP) is 1.47. The summed E-state index contributed by atoms with van der Waals surface area (Å²) in [6.07, 6.45) is 0.860. The van der Waals surface area contributed by atoms with E-state index < -0.39 is 5.82 Å². The zero-order valence-corrected chi connectivity index (χ0v) is 10.6. The van der Waals surface area contributed by atoms with E-state index in [1.807, 2.05) is 0 Å². The van der Waals surface area contributed by atoms with E-state index in [4.69, 9.17) is 5.73 Å². The Bertz CT molecular complexity index is 419. The van der Waals surface area contributed by atoms with Crippen LogP contribution in [0.4, 0.5) is 10.1 Å². The summed E-state index contributed by atoms with van der Waals surface area (Å²) >= 11 is 0. The second-order valence-electron chi connectivity index (χ2n) is 4.61. The molecule has 4 nitrogen and oxygen atoms in total. The Balaban J connectivity index is 2.29. The zero-order chi connectivity index (χ0) is 13.1. The molecule has 1 fully saturated rings. The number of phenolic OH excluding ortho intramolecular Hbond substituents is 1. The third kappa shape index (κ3) is 2.42. The highest BCUT2D eigenvalue weighted by Gasteiger charge is 2.24. The lowest BCUT2D eigenvalue weighted by molar-refractivity contribution is 0.167. The van der Waals surface area contributed by atoms with Gasteiger partial charge in [-0.1, -0.05) is 13.0 Å². The van der Waals surface area contributed by atoms with Gasteiger partial charge in [-0.05, 0) is 12.5 Å². The van der Waals surface area contributed by atoms with Gasteiger partial charge in [0.05, 0.1) is 0 Å². The number of phenols is 1. The smallest absolute Gasteiger partial charge is 0.149 e. The molecule has 4 N–H and O–H groups in total. The molecule has 5 heteroatoms. The first-order chi connectivity index (χ1) is 8.65. The second-order valence-corrected chi connectivity index (χ2v) is 4.61. The molecule has 0 bridgehead atoms. The molecule has 0 saturated carbocycles. The minimum atomic E-state index is -0.564. The molecule has 1 aliphatic rings. The first kappa shape index (κ1) is 13.1. The number of rotatable bonds is 3. The van der Waals surface area contributed by atoms with Gasteiger partial charge in [0.1, 0.15) is 17.3 Å². The van der Waals surface area contributed by atoms with Crippen LogP contribution in [0.3, 0.4) is 0 Å². The third-order valence-corrected chi connectivity index (χ3v) is 3.53. The maximum absolute atomic E-state index is 13.3. The molecule has 1 heterocycles. The fourth-order valence-electron chi connectivity index (χ4n) is 2.54. The Hall–Kier alpha value is -1.33. The van der Waals surface area contributed by atoms with Crippen molar-refractivity contribution in [2.45, 2.75) is 19.4 Å². The molecule has 2 rings (SSSR count). The summed E-state index contributed by atoms with van der Waals surface area (Å²) in [5.74, 6) is -0.674. The van der Waals surface area contributed by atoms with Crippen LogP contribution in [0.15, 0.2) is 12.1 Å². The molecule has 0 aliphatic carbocycles. The molecule has 0 aromatic heterocycles. The lowest BCUT2D eigenvalue weighted by atomic mass is 10.00. The molecule has 100 valence electrons. The van der Waals surface area contributed by atoms with Crippen molar-refractivity contribution in [1.82, 2.24) is 10.2 Å². The van der Waals surface area contributed by atoms with Crippen LogP contribution in [0.5, 0.6) is 5.75 Å². The lowest BCUT2D eigenvalue weighted by Gasteiger charge is -2.35. The molecule has 18 heavy (non-hydrogen) atoms. The number of halogens is 1. The van der Waals surface area contributed by atoms with E-state index in [1.54, 1.807) is 6.07 Å². The lowest BCUT2D eigenvalue weighted by Crippen LogP contribution is -2.45. The zero-order valence-electron chi connectivity index (χ0n) is 10.6. The van der Waals surface area contributed by atoms with Crippen LogP contribution in [0.2, 0.25) is 0 Å². The number of hydrogen-bond acceptors (Lipinski definition) is 4. The van der Waals surface area contributed by atoms with E-state index in [2.05, 4.69) is 17.1 Å². The number of hydrogen-bond donors (Lipinski definition) is 3. The van der Waals surface area contributed by atoms with Crippen LogP contribution in [-0.2, 0) is 0 Å². The highest BCUT2D eigenvalue weighted by molar-refractivity contribution is 5.57. The molecule has 1 aromatic rings. The Morgan fingerprint density at radius 2 is 2.11 bits per heavy atom. The average molecular weight is 253 g/mol. The van der Waals surface area contributed by atoms with Crippen molar-refractivity contribution in [2.24, 2.45) is 0 Å². The molecule has 1 saturated heterocycles. The van der Waals surface area contributed by atoms with Gasteiger partial charge < -0.3 is 16.2 Å². The summed E-state index contributed by atoms with van der Waals surface area (Å²) in [5, 5.41) is 13.3. The molecule has 1 aromatic carbocycles. The van der Waals surface area contributed by atoms with E-state index in [9.17, 15) is 9.50 Å². The van der Waals surface area contributed by atoms with Crippen LogP contribution in [0, 0.1) is 5.82 Å². The number of piperazine rings is 1. The number of anilines is 1. The average Bonchev–Trinajstić information content (AvgIpc) is 2.41. The molecule has 0 spiro atoms. The molecule has 1 aliphatic heterocycles. The van der Waals surface area contributed by atoms with Crippen molar-refractivity contribution in [3.63, 3.8) is 0 Å². The summed E-state index contributed by atoms with van der Waals surface area (Å²) < 4.78 is 13.3. The van der Waals surface area contributed by atoms with Crippen molar-refractivity contribution in [3.05, 3.63) is 23.5 Å². The van der Waals surface area contributed by atoms with Crippen molar-refractivity contribution >= 4 is 5.69 Å². The first-order valence-electron chi connectivity index (χ1n) is 6.36. The van der Waals surface area contributed by atoms with Gasteiger partial charge in [0.15, 0.2) is 0 Å². The maximum atomic E-state index is 13.3. The quantitative estimate of drug-likeness (QED) is 0.564. The number of benzene rings is 1. The standard InChI is InChI=1S/C13H20FN3O/c1-2-11(17-7-5-16-6-8-17)9-3-4-10(14)12(15)13(9)18/h3-4,11,16,18H,2,5-8,15H2,1H3/t11-/m0/s1. The van der Waals surface area contributed by atoms with Gasteiger partial charge in [-0.25, -0.2) is 4.39 Å². The Labute approximate surface area is 107 Å². The van der Waals surface area contributed by atoms with Crippen LogP contribution in [-0.4, -0.2) is 36.2 Å². The number of nitrogens with two attached hydrogens (primary N) is 1. The largest absolute Gasteiger partial charge is 0.505 e. The second kappa shape index (κ2) is 5.54. The Morgan fingerprint density at radius 1 is 1.44 bits per heavy atom. The number of nitrogen functional groups attached to an aromatic ring is 1. The van der Waals surface area contributed by atoms with Crippen molar-refractivity contribution < 1.29 is 9.50 Å². The fourth-order valence-corrected chi connectivity index (χ4v) is 2.54. The van der Waals surface area contributed by atoms with Gasteiger partial charge in [0.2, 0.25) is 0 Å².